The molecular formula is C18H23BN2O8. The molecule has 1 aliphatic carbocycles. The first-order valence-electron chi connectivity index (χ1n) is 9.58. The molecule has 4 atom stereocenters. The molecule has 0 spiro atoms. The lowest BCUT2D eigenvalue weighted by atomic mass is 9.81. The van der Waals surface area contributed by atoms with Crippen molar-refractivity contribution in [1.82, 2.24) is 10.2 Å². The van der Waals surface area contributed by atoms with E-state index in [0.29, 0.717) is 24.9 Å². The van der Waals surface area contributed by atoms with Gasteiger partial charge in [-0.15, -0.1) is 0 Å². The molecule has 156 valence electrons. The number of rotatable bonds is 6. The van der Waals surface area contributed by atoms with Crippen LogP contribution in [0.5, 0.6) is 11.5 Å². The second-order valence-electron chi connectivity index (χ2n) is 7.93. The number of hydrogen-bond acceptors (Lipinski definition) is 8. The van der Waals surface area contributed by atoms with Gasteiger partial charge in [0.15, 0.2) is 0 Å². The number of amides is 1. The van der Waals surface area contributed by atoms with Gasteiger partial charge >= 0.3 is 13.1 Å². The number of nitrogens with one attached hydrogen (secondary N) is 1. The highest BCUT2D eigenvalue weighted by molar-refractivity contribution is 6.44. The maximum atomic E-state index is 12.3. The van der Waals surface area contributed by atoms with Crippen LogP contribution in [0.4, 0.5) is 0 Å². The number of carboxylic acid groups (broad SMARTS) is 1. The minimum absolute atomic E-state index is 0.00649. The van der Waals surface area contributed by atoms with Gasteiger partial charge in [0.25, 0.3) is 0 Å². The number of aromatic hydroxyl groups is 1. The molecule has 1 amide bonds. The van der Waals surface area contributed by atoms with Gasteiger partial charge in [0.05, 0.1) is 25.2 Å². The van der Waals surface area contributed by atoms with Gasteiger partial charge in [-0.1, -0.05) is 6.07 Å². The number of aromatic carboxylic acids is 1. The number of carboxylic acids is 1. The molecule has 6 N–H and O–H groups in total. The van der Waals surface area contributed by atoms with Gasteiger partial charge in [-0.2, -0.15) is 0 Å². The minimum atomic E-state index is -1.52. The monoisotopic (exact) mass is 406 g/mol. The van der Waals surface area contributed by atoms with Gasteiger partial charge in [0.2, 0.25) is 5.91 Å². The highest BCUT2D eigenvalue weighted by atomic mass is 16.5. The lowest BCUT2D eigenvalue weighted by Gasteiger charge is -2.40. The minimum Gasteiger partial charge on any atom is -0.507 e. The number of aliphatic hydroxyl groups excluding tert-OH is 1. The largest absolute Gasteiger partial charge is 0.507 e. The number of hydrogen-bond donors (Lipinski definition) is 6. The predicted octanol–water partition coefficient (Wildman–Crippen LogP) is -1.27. The van der Waals surface area contributed by atoms with Gasteiger partial charge in [-0.25, -0.2) is 4.79 Å². The lowest BCUT2D eigenvalue weighted by molar-refractivity contribution is -0.142. The van der Waals surface area contributed by atoms with Crippen molar-refractivity contribution in [3.05, 3.63) is 23.3 Å². The van der Waals surface area contributed by atoms with Crippen LogP contribution in [-0.4, -0.2) is 87.1 Å². The summed E-state index contributed by atoms with van der Waals surface area (Å²) in [5.41, 5.74) is -0.0185. The fraction of sp³-hybridized carbons (Fsp3) is 0.556. The first kappa shape index (κ1) is 20.0. The number of aliphatic hydroxyl groups is 1. The molecule has 2 saturated heterocycles. The topological polar surface area (TPSA) is 160 Å². The summed E-state index contributed by atoms with van der Waals surface area (Å²) in [6, 6.07) is 2.57. The van der Waals surface area contributed by atoms with Crippen LogP contribution in [0, 0.1) is 0 Å². The second-order valence-corrected chi connectivity index (χ2v) is 7.93. The Morgan fingerprint density at radius 1 is 1.21 bits per heavy atom. The average Bonchev–Trinajstić information content (AvgIpc) is 3.30. The molecule has 0 aromatic heterocycles. The van der Waals surface area contributed by atoms with Crippen molar-refractivity contribution in [3.8, 4) is 11.5 Å². The zero-order chi connectivity index (χ0) is 20.9. The molecule has 4 rings (SSSR count). The van der Waals surface area contributed by atoms with Gasteiger partial charge in [0, 0.05) is 12.4 Å². The molecule has 1 saturated carbocycles. The second kappa shape index (κ2) is 7.49. The van der Waals surface area contributed by atoms with Crippen LogP contribution in [-0.2, 0) is 4.79 Å². The van der Waals surface area contributed by atoms with Gasteiger partial charge in [-0.05, 0) is 30.4 Å². The maximum absolute atomic E-state index is 12.3. The number of β-amino-alcohol motifs (C(OH)–C–C–N with tert-alkyl or cyclic N) is 1. The average molecular weight is 406 g/mol. The number of phenols is 1. The van der Waals surface area contributed by atoms with E-state index in [1.807, 2.05) is 0 Å². The number of likely N-dealkylation sites (tertiary alicyclic amines) is 1. The van der Waals surface area contributed by atoms with Crippen molar-refractivity contribution in [1.29, 1.82) is 0 Å². The van der Waals surface area contributed by atoms with Crippen molar-refractivity contribution in [3.63, 3.8) is 0 Å². The van der Waals surface area contributed by atoms with Crippen LogP contribution in [0.2, 0.25) is 5.82 Å². The summed E-state index contributed by atoms with van der Waals surface area (Å²) < 4.78 is 5.71. The van der Waals surface area contributed by atoms with Crippen molar-refractivity contribution in [2.24, 2.45) is 0 Å². The van der Waals surface area contributed by atoms with Gasteiger partial charge in [0.1, 0.15) is 23.2 Å². The Hall–Kier alpha value is -2.34. The zero-order valence-electron chi connectivity index (χ0n) is 15.6. The number of benzene rings is 1. The van der Waals surface area contributed by atoms with Gasteiger partial charge in [-0.3, -0.25) is 4.79 Å². The summed E-state index contributed by atoms with van der Waals surface area (Å²) >= 11 is 0. The number of nitrogens with zero attached hydrogens (tertiary/aromatic N) is 1. The fourth-order valence-corrected chi connectivity index (χ4v) is 4.09. The molecule has 10 nitrogen and oxygen atoms in total. The summed E-state index contributed by atoms with van der Waals surface area (Å²) in [4.78, 5) is 25.6. The van der Waals surface area contributed by atoms with E-state index in [2.05, 4.69) is 5.32 Å². The molecule has 0 unspecified atom stereocenters. The third-order valence-corrected chi connectivity index (χ3v) is 5.87. The summed E-state index contributed by atoms with van der Waals surface area (Å²) in [6.07, 6.45) is -0.116. The predicted molar refractivity (Wildman–Crippen MR) is 99.8 cm³/mol. The smallest absolute Gasteiger partial charge is 0.455 e. The summed E-state index contributed by atoms with van der Waals surface area (Å²) in [6.45, 7) is 0.957. The summed E-state index contributed by atoms with van der Waals surface area (Å²) in [5.74, 6) is -2.64. The number of carbonyl (C=O) groups excluding carboxylic acids is 1. The van der Waals surface area contributed by atoms with Crippen molar-refractivity contribution < 1.29 is 39.7 Å². The molecule has 11 heteroatoms. The van der Waals surface area contributed by atoms with E-state index in [1.165, 1.54) is 12.1 Å². The molecule has 2 heterocycles. The SMILES string of the molecule is O=C(O)c1c(OC2CN(C(=O)[C@@H]3C[C@@H](O)CN3)C2)ccc([C@@H]2C[C@@H]2B(O)O)c1O. The van der Waals surface area contributed by atoms with Crippen LogP contribution in [0.3, 0.4) is 0 Å². The van der Waals surface area contributed by atoms with Gasteiger partial charge < -0.3 is 40.3 Å². The molecule has 3 aliphatic rings. The van der Waals surface area contributed by atoms with E-state index in [1.54, 1.807) is 4.90 Å². The van der Waals surface area contributed by atoms with Crippen molar-refractivity contribution in [2.45, 2.75) is 42.8 Å². The number of carbonyl (C=O) groups is 2. The molecule has 3 fully saturated rings. The van der Waals surface area contributed by atoms with E-state index in [0.717, 1.165) is 0 Å². The highest BCUT2D eigenvalue weighted by Gasteiger charge is 2.48. The fourth-order valence-electron chi connectivity index (χ4n) is 4.09. The first-order valence-corrected chi connectivity index (χ1v) is 9.58. The van der Waals surface area contributed by atoms with Crippen molar-refractivity contribution >= 4 is 19.0 Å². The van der Waals surface area contributed by atoms with Crippen LogP contribution < -0.4 is 10.1 Å². The quantitative estimate of drug-likeness (QED) is 0.317. The van der Waals surface area contributed by atoms with Crippen molar-refractivity contribution in [2.75, 3.05) is 19.6 Å². The standard InChI is InChI=1S/C18H23BN2O8/c22-8-3-13(20-5-8)17(24)21-6-9(7-21)29-14-2-1-10(11-4-12(11)19(27)28)16(23)15(14)18(25)26/h1-2,8-9,11-13,20,22-23,27-28H,3-7H2,(H,25,26)/t8-,11+,12+,13+/m1/s1. The summed E-state index contributed by atoms with van der Waals surface area (Å²) in [7, 11) is -1.52. The Labute approximate surface area is 166 Å². The lowest BCUT2D eigenvalue weighted by Crippen LogP contribution is -2.59. The molecule has 2 aliphatic heterocycles. The normalized spacial score (nSPS) is 28.7. The molecule has 1 aromatic carbocycles. The third kappa shape index (κ3) is 3.78. The molecule has 0 radical (unpaired) electrons. The summed E-state index contributed by atoms with van der Waals surface area (Å²) in [5, 5.41) is 51.0. The Morgan fingerprint density at radius 3 is 2.48 bits per heavy atom. The van der Waals surface area contributed by atoms with Crippen LogP contribution in [0.15, 0.2) is 12.1 Å². The van der Waals surface area contributed by atoms with Crippen LogP contribution in [0.25, 0.3) is 0 Å². The van der Waals surface area contributed by atoms with E-state index in [4.69, 9.17) is 4.74 Å². The third-order valence-electron chi connectivity index (χ3n) is 5.87. The number of ether oxygens (including phenoxy) is 1. The van der Waals surface area contributed by atoms with E-state index < -0.39 is 42.9 Å². The molecule has 0 bridgehead atoms. The first-order chi connectivity index (χ1) is 13.8. The molecular weight excluding hydrogens is 383 g/mol. The Morgan fingerprint density at radius 2 is 1.93 bits per heavy atom. The van der Waals surface area contributed by atoms with Crippen LogP contribution in [0.1, 0.15) is 34.7 Å². The Kier molecular flexibility index (Phi) is 5.15. The van der Waals surface area contributed by atoms with Crippen LogP contribution >= 0.6 is 0 Å². The molecule has 29 heavy (non-hydrogen) atoms. The molecule has 1 aromatic rings. The van der Waals surface area contributed by atoms with E-state index in [-0.39, 0.29) is 36.2 Å². The zero-order valence-corrected chi connectivity index (χ0v) is 15.6. The Bertz CT molecular complexity index is 828. The maximum Gasteiger partial charge on any atom is 0.455 e. The van der Waals surface area contributed by atoms with E-state index in [9.17, 15) is 35.0 Å². The highest BCUT2D eigenvalue weighted by Crippen LogP contribution is 2.56. The Balaban J connectivity index is 1.41. The van der Waals surface area contributed by atoms with E-state index >= 15 is 0 Å².